The fourth-order valence-corrected chi connectivity index (χ4v) is 4.51. The van der Waals surface area contributed by atoms with Gasteiger partial charge < -0.3 is 20.6 Å². The van der Waals surface area contributed by atoms with Crippen molar-refractivity contribution in [2.24, 2.45) is 0 Å². The number of hydrogen-bond donors (Lipinski definition) is 3. The average molecular weight is 415 g/mol. The molecule has 0 saturated carbocycles. The Morgan fingerprint density at radius 3 is 2.64 bits per heavy atom. The first-order chi connectivity index (χ1) is 13.6. The maximum absolute atomic E-state index is 12.7. The number of nitrogens with zero attached hydrogens (tertiary/aromatic N) is 2. The topological polar surface area (TPSA) is 94.6 Å². The van der Waals surface area contributed by atoms with Gasteiger partial charge in [-0.1, -0.05) is 12.1 Å². The molecule has 0 atom stereocenters. The van der Waals surface area contributed by atoms with E-state index in [4.69, 9.17) is 0 Å². The Hall–Kier alpha value is -2.91. The van der Waals surface area contributed by atoms with Crippen molar-refractivity contribution >= 4 is 56.7 Å². The van der Waals surface area contributed by atoms with Gasteiger partial charge in [-0.3, -0.25) is 4.79 Å². The van der Waals surface area contributed by atoms with E-state index < -0.39 is 5.97 Å². The van der Waals surface area contributed by atoms with E-state index in [2.05, 4.69) is 20.5 Å². The minimum absolute atomic E-state index is 0.209. The van der Waals surface area contributed by atoms with Crippen LogP contribution in [0.15, 0.2) is 41.1 Å². The third-order valence-corrected chi connectivity index (χ3v) is 6.10. The second-order valence-electron chi connectivity index (χ2n) is 6.30. The molecule has 1 aliphatic rings. The van der Waals surface area contributed by atoms with Crippen molar-refractivity contribution in [2.75, 3.05) is 28.6 Å². The van der Waals surface area contributed by atoms with Crippen LogP contribution in [0.1, 0.15) is 33.0 Å². The largest absolute Gasteiger partial charge is 0.477 e. The van der Waals surface area contributed by atoms with Crippen LogP contribution in [0.5, 0.6) is 0 Å². The number of anilines is 4. The molecule has 144 valence electrons. The summed E-state index contributed by atoms with van der Waals surface area (Å²) < 4.78 is 0. The molecule has 1 aliphatic heterocycles. The summed E-state index contributed by atoms with van der Waals surface area (Å²) >= 11 is 2.39. The zero-order valence-electron chi connectivity index (χ0n) is 14.8. The number of hydrogen-bond acceptors (Lipinski definition) is 7. The van der Waals surface area contributed by atoms with E-state index in [-0.39, 0.29) is 16.5 Å². The summed E-state index contributed by atoms with van der Waals surface area (Å²) in [6.07, 6.45) is 2.31. The first-order valence-corrected chi connectivity index (χ1v) is 10.6. The molecule has 7 nitrogen and oxygen atoms in total. The second-order valence-corrected chi connectivity index (χ2v) is 8.07. The van der Waals surface area contributed by atoms with Gasteiger partial charge in [0.05, 0.1) is 17.1 Å². The minimum Gasteiger partial charge on any atom is -0.477 e. The Labute approximate surface area is 169 Å². The summed E-state index contributed by atoms with van der Waals surface area (Å²) in [6.45, 7) is 1.98. The summed E-state index contributed by atoms with van der Waals surface area (Å²) in [5.41, 5.74) is 2.54. The average Bonchev–Trinajstić information content (AvgIpc) is 3.44. The van der Waals surface area contributed by atoms with Crippen LogP contribution in [0.4, 0.5) is 22.2 Å². The smallest absolute Gasteiger partial charge is 0.348 e. The molecule has 3 aromatic rings. The highest BCUT2D eigenvalue weighted by Gasteiger charge is 2.19. The van der Waals surface area contributed by atoms with Crippen molar-refractivity contribution in [2.45, 2.75) is 12.8 Å². The molecular weight excluding hydrogens is 396 g/mol. The third kappa shape index (κ3) is 3.85. The molecule has 0 radical (unpaired) electrons. The number of benzene rings is 1. The van der Waals surface area contributed by atoms with Gasteiger partial charge in [0.1, 0.15) is 10.6 Å². The number of carboxylic acids is 1. The van der Waals surface area contributed by atoms with Crippen LogP contribution in [-0.2, 0) is 0 Å². The van der Waals surface area contributed by atoms with Crippen molar-refractivity contribution in [3.8, 4) is 0 Å². The molecule has 0 unspecified atom stereocenters. The van der Waals surface area contributed by atoms with Crippen LogP contribution in [-0.4, -0.2) is 35.1 Å². The van der Waals surface area contributed by atoms with Crippen LogP contribution < -0.4 is 15.5 Å². The molecule has 3 N–H and O–H groups in total. The van der Waals surface area contributed by atoms with Gasteiger partial charge in [0.2, 0.25) is 0 Å². The lowest BCUT2D eigenvalue weighted by Gasteiger charge is -2.21. The predicted molar refractivity (Wildman–Crippen MR) is 113 cm³/mol. The number of amides is 1. The molecule has 9 heteroatoms. The quantitative estimate of drug-likeness (QED) is 0.550. The summed E-state index contributed by atoms with van der Waals surface area (Å²) in [6, 6.07) is 9.45. The molecule has 1 fully saturated rings. The van der Waals surface area contributed by atoms with Crippen LogP contribution >= 0.6 is 22.7 Å². The van der Waals surface area contributed by atoms with Gasteiger partial charge in [0.15, 0.2) is 5.13 Å². The van der Waals surface area contributed by atoms with Crippen LogP contribution in [0, 0.1) is 0 Å². The number of aromatic carboxylic acids is 1. The molecule has 1 amide bonds. The van der Waals surface area contributed by atoms with Crippen molar-refractivity contribution < 1.29 is 14.7 Å². The van der Waals surface area contributed by atoms with E-state index in [1.807, 2.05) is 24.3 Å². The molecule has 3 heterocycles. The van der Waals surface area contributed by atoms with E-state index in [1.165, 1.54) is 11.3 Å². The fourth-order valence-electron chi connectivity index (χ4n) is 3.12. The third-order valence-electron chi connectivity index (χ3n) is 4.44. The Balaban J connectivity index is 1.48. The molecular formula is C19H18N4O3S2. The van der Waals surface area contributed by atoms with Crippen molar-refractivity contribution in [3.05, 3.63) is 51.7 Å². The summed E-state index contributed by atoms with van der Waals surface area (Å²) in [7, 11) is 0. The van der Waals surface area contributed by atoms with Gasteiger partial charge >= 0.3 is 5.97 Å². The predicted octanol–water partition coefficient (Wildman–Crippen LogP) is 4.50. The first kappa shape index (κ1) is 18.5. The molecule has 0 bridgehead atoms. The number of carboxylic acid groups (broad SMARTS) is 1. The summed E-state index contributed by atoms with van der Waals surface area (Å²) in [5.74, 6) is -1.29. The molecule has 1 aromatic carbocycles. The molecule has 2 aromatic heterocycles. The van der Waals surface area contributed by atoms with E-state index in [1.54, 1.807) is 16.8 Å². The normalized spacial score (nSPS) is 13.5. The molecule has 1 saturated heterocycles. The van der Waals surface area contributed by atoms with Gasteiger partial charge in [-0.15, -0.1) is 22.7 Å². The number of carbonyl (C=O) groups excluding carboxylic acids is 1. The van der Waals surface area contributed by atoms with Crippen molar-refractivity contribution in [3.63, 3.8) is 0 Å². The van der Waals surface area contributed by atoms with E-state index in [0.717, 1.165) is 48.6 Å². The highest BCUT2D eigenvalue weighted by molar-refractivity contribution is 7.14. The Morgan fingerprint density at radius 1 is 1.07 bits per heavy atom. The highest BCUT2D eigenvalue weighted by Crippen LogP contribution is 2.30. The SMILES string of the molecule is O=C(Nc1ccccc1N1CCCC1)c1csc(Nc2ccsc2C(=O)O)n1. The number of para-hydroxylation sites is 2. The van der Waals surface area contributed by atoms with Crippen LogP contribution in [0.3, 0.4) is 0 Å². The van der Waals surface area contributed by atoms with E-state index >= 15 is 0 Å². The molecule has 0 spiro atoms. The Kier molecular flexibility index (Phi) is 5.27. The van der Waals surface area contributed by atoms with E-state index in [0.29, 0.717) is 10.8 Å². The van der Waals surface area contributed by atoms with Crippen LogP contribution in [0.2, 0.25) is 0 Å². The van der Waals surface area contributed by atoms with Gasteiger partial charge in [-0.25, -0.2) is 9.78 Å². The lowest BCUT2D eigenvalue weighted by Crippen LogP contribution is -2.21. The molecule has 0 aliphatic carbocycles. The first-order valence-electron chi connectivity index (χ1n) is 8.80. The van der Waals surface area contributed by atoms with Crippen molar-refractivity contribution in [1.82, 2.24) is 4.98 Å². The zero-order chi connectivity index (χ0) is 19.5. The maximum Gasteiger partial charge on any atom is 0.348 e. The fraction of sp³-hybridized carbons (Fsp3) is 0.211. The molecule has 4 rings (SSSR count). The number of thiazole rings is 1. The highest BCUT2D eigenvalue weighted by atomic mass is 32.1. The monoisotopic (exact) mass is 414 g/mol. The van der Waals surface area contributed by atoms with Crippen LogP contribution in [0.25, 0.3) is 0 Å². The Bertz CT molecular complexity index is 1010. The summed E-state index contributed by atoms with van der Waals surface area (Å²) in [4.78, 5) is 30.7. The number of rotatable bonds is 6. The number of nitrogens with one attached hydrogen (secondary N) is 2. The summed E-state index contributed by atoms with van der Waals surface area (Å²) in [5, 5.41) is 18.9. The van der Waals surface area contributed by atoms with Crippen molar-refractivity contribution in [1.29, 1.82) is 0 Å². The van der Waals surface area contributed by atoms with Gasteiger partial charge in [0, 0.05) is 18.5 Å². The van der Waals surface area contributed by atoms with E-state index in [9.17, 15) is 14.7 Å². The minimum atomic E-state index is -0.995. The zero-order valence-corrected chi connectivity index (χ0v) is 16.5. The Morgan fingerprint density at radius 2 is 1.86 bits per heavy atom. The number of carbonyl (C=O) groups is 2. The van der Waals surface area contributed by atoms with Gasteiger partial charge in [-0.2, -0.15) is 0 Å². The number of aromatic nitrogens is 1. The standard InChI is InChI=1S/C19H18N4O3S2/c24-17(20-12-5-1-2-6-15(12)23-8-3-4-9-23)14-11-28-19(22-14)21-13-7-10-27-16(13)18(25)26/h1-2,5-7,10-11H,3-4,8-9H2,(H,20,24)(H,21,22)(H,25,26). The number of thiophene rings is 1. The molecule has 28 heavy (non-hydrogen) atoms. The second kappa shape index (κ2) is 7.99. The van der Waals surface area contributed by atoms with Gasteiger partial charge in [-0.05, 0) is 36.4 Å². The van der Waals surface area contributed by atoms with Gasteiger partial charge in [0.25, 0.3) is 5.91 Å². The lowest BCUT2D eigenvalue weighted by atomic mass is 10.2. The lowest BCUT2D eigenvalue weighted by molar-refractivity contribution is 0.0703. The maximum atomic E-state index is 12.7.